The molecule has 0 saturated heterocycles. The normalized spacial score (nSPS) is 10.2. The largest absolute Gasteiger partial charge is 0.245 e. The van der Waals surface area contributed by atoms with Crippen molar-refractivity contribution in [3.63, 3.8) is 0 Å². The molecule has 2 heteroatoms. The molecule has 2 nitrogen and oxygen atoms in total. The van der Waals surface area contributed by atoms with Crippen LogP contribution in [0.25, 0.3) is 24.3 Å². The first-order valence-electron chi connectivity index (χ1n) is 7.85. The van der Waals surface area contributed by atoms with E-state index in [-0.39, 0.29) is 0 Å². The van der Waals surface area contributed by atoms with E-state index in [0.717, 1.165) is 29.2 Å². The summed E-state index contributed by atoms with van der Waals surface area (Å²) in [6.07, 6.45) is 12.4. The lowest BCUT2D eigenvalue weighted by molar-refractivity contribution is 1.12. The van der Waals surface area contributed by atoms with Gasteiger partial charge in [-0.25, -0.2) is 9.97 Å². The molecule has 0 atom stereocenters. The Morgan fingerprint density at radius 2 is 1.10 bits per heavy atom. The molecule has 116 valence electrons. The van der Waals surface area contributed by atoms with Crippen LogP contribution in [0.4, 0.5) is 0 Å². The van der Waals surface area contributed by atoms with Crippen molar-refractivity contribution in [1.29, 1.82) is 0 Å². The second kappa shape index (κ2) is 14.4. The predicted molar refractivity (Wildman–Crippen MR) is 98.9 cm³/mol. The highest BCUT2D eigenvalue weighted by Gasteiger charge is 2.06. The van der Waals surface area contributed by atoms with Crippen LogP contribution in [0.15, 0.2) is 25.3 Å². The molecule has 0 amide bonds. The molecule has 0 bridgehead atoms. The number of nitrogens with zero attached hydrogens (tertiary/aromatic N) is 2. The highest BCUT2D eigenvalue weighted by Crippen LogP contribution is 2.17. The zero-order valence-corrected chi connectivity index (χ0v) is 14.5. The van der Waals surface area contributed by atoms with E-state index in [4.69, 9.17) is 0 Å². The van der Waals surface area contributed by atoms with Gasteiger partial charge in [-0.2, -0.15) is 0 Å². The topological polar surface area (TPSA) is 25.8 Å². The fourth-order valence-corrected chi connectivity index (χ4v) is 1.47. The van der Waals surface area contributed by atoms with Crippen LogP contribution in [0.3, 0.4) is 0 Å². The van der Waals surface area contributed by atoms with Gasteiger partial charge in [0.1, 0.15) is 0 Å². The van der Waals surface area contributed by atoms with Gasteiger partial charge in [0.05, 0.1) is 22.8 Å². The second-order valence-corrected chi connectivity index (χ2v) is 3.21. The second-order valence-electron chi connectivity index (χ2n) is 3.21. The van der Waals surface area contributed by atoms with Crippen molar-refractivity contribution in [3.8, 4) is 0 Å². The minimum absolute atomic E-state index is 0.781. The lowest BCUT2D eigenvalue weighted by Gasteiger charge is -2.04. The average Bonchev–Trinajstić information content (AvgIpc) is 2.83. The number of hydrogen-bond donors (Lipinski definition) is 0. The summed E-state index contributed by atoms with van der Waals surface area (Å²) in [6.45, 7) is 19.4. The first-order valence-corrected chi connectivity index (χ1v) is 7.85. The molecule has 0 saturated carbocycles. The van der Waals surface area contributed by atoms with Crippen LogP contribution in [0, 0.1) is 0 Å². The summed E-state index contributed by atoms with van der Waals surface area (Å²) in [5.41, 5.74) is 3.35. The molecule has 1 aromatic heterocycles. The third-order valence-corrected chi connectivity index (χ3v) is 2.22. The van der Waals surface area contributed by atoms with E-state index in [1.165, 1.54) is 0 Å². The molecule has 1 aliphatic rings. The van der Waals surface area contributed by atoms with Crippen LogP contribution in [0.2, 0.25) is 0 Å². The Hall–Kier alpha value is -1.96. The average molecular weight is 286 g/mol. The van der Waals surface area contributed by atoms with Gasteiger partial charge in [0, 0.05) is 0 Å². The quantitative estimate of drug-likeness (QED) is 0.640. The van der Waals surface area contributed by atoms with E-state index in [1.807, 2.05) is 53.7 Å². The molecule has 0 fully saturated rings. The first kappa shape index (κ1) is 21.3. The van der Waals surface area contributed by atoms with Gasteiger partial charge >= 0.3 is 0 Å². The molecule has 0 N–H and O–H groups in total. The van der Waals surface area contributed by atoms with Gasteiger partial charge in [-0.1, -0.05) is 66.9 Å². The first-order chi connectivity index (χ1) is 10.3. The van der Waals surface area contributed by atoms with Gasteiger partial charge in [0.25, 0.3) is 0 Å². The zero-order valence-electron chi connectivity index (χ0n) is 14.5. The van der Waals surface area contributed by atoms with E-state index in [9.17, 15) is 0 Å². The Morgan fingerprint density at radius 3 is 1.38 bits per heavy atom. The number of aromatic nitrogens is 2. The maximum absolute atomic E-state index is 4.47. The van der Waals surface area contributed by atoms with Gasteiger partial charge in [-0.05, 0) is 30.7 Å². The number of hydrogen-bond acceptors (Lipinski definition) is 2. The molecular weight excluding hydrogens is 256 g/mol. The van der Waals surface area contributed by atoms with Crippen molar-refractivity contribution in [2.24, 2.45) is 0 Å². The van der Waals surface area contributed by atoms with Crippen LogP contribution in [0.5, 0.6) is 0 Å². The number of allylic oxidation sites excluding steroid dienone is 2. The van der Waals surface area contributed by atoms with Crippen molar-refractivity contribution in [1.82, 2.24) is 9.97 Å². The zero-order chi connectivity index (χ0) is 16.7. The van der Waals surface area contributed by atoms with Gasteiger partial charge in [-0.3, -0.25) is 0 Å². The monoisotopic (exact) mass is 286 g/mol. The van der Waals surface area contributed by atoms with E-state index in [2.05, 4.69) is 35.3 Å². The van der Waals surface area contributed by atoms with Crippen LogP contribution < -0.4 is 0 Å². The Morgan fingerprint density at radius 1 is 0.762 bits per heavy atom. The van der Waals surface area contributed by atoms with E-state index < -0.39 is 0 Å². The Labute approximate surface area is 131 Å². The molecular formula is C19H30N2. The van der Waals surface area contributed by atoms with Crippen molar-refractivity contribution in [2.75, 3.05) is 0 Å². The van der Waals surface area contributed by atoms with E-state index in [0.29, 0.717) is 0 Å². The molecule has 21 heavy (non-hydrogen) atoms. The fourth-order valence-electron chi connectivity index (χ4n) is 1.47. The number of fused-ring (bicyclic) bond motifs is 1. The third kappa shape index (κ3) is 6.84. The lowest BCUT2D eigenvalue weighted by Crippen LogP contribution is -1.98. The maximum atomic E-state index is 4.47. The summed E-state index contributed by atoms with van der Waals surface area (Å²) >= 11 is 0. The van der Waals surface area contributed by atoms with Crippen LogP contribution in [-0.2, 0) is 0 Å². The molecule has 0 aliphatic heterocycles. The summed E-state index contributed by atoms with van der Waals surface area (Å²) in [6, 6.07) is 0. The van der Waals surface area contributed by atoms with Crippen LogP contribution >= 0.6 is 0 Å². The standard InChI is InChI=1S/C13H12N2.3C2H6/c1-3-10-11(4-2)15-13-9-7-5-6-8-12(13)14-10;3*1-2/h3-4,6-9H,1-2,5H2;3*1-2H3. The Balaban J connectivity index is 0. The maximum Gasteiger partial charge on any atom is 0.0891 e. The van der Waals surface area contributed by atoms with Crippen LogP contribution in [-0.4, -0.2) is 9.97 Å². The molecule has 0 aromatic carbocycles. The summed E-state index contributed by atoms with van der Waals surface area (Å²) < 4.78 is 0. The van der Waals surface area contributed by atoms with Gasteiger partial charge in [0.2, 0.25) is 0 Å². The molecule has 1 aromatic rings. The van der Waals surface area contributed by atoms with E-state index in [1.54, 1.807) is 12.2 Å². The minimum atomic E-state index is 0.781. The van der Waals surface area contributed by atoms with Crippen molar-refractivity contribution in [3.05, 3.63) is 48.1 Å². The van der Waals surface area contributed by atoms with Crippen LogP contribution in [0.1, 0.15) is 70.7 Å². The smallest absolute Gasteiger partial charge is 0.0891 e. The summed E-state index contributed by atoms with van der Waals surface area (Å²) in [7, 11) is 0. The molecule has 2 rings (SSSR count). The van der Waals surface area contributed by atoms with E-state index >= 15 is 0 Å². The highest BCUT2D eigenvalue weighted by molar-refractivity contribution is 5.66. The molecule has 0 radical (unpaired) electrons. The lowest BCUT2D eigenvalue weighted by atomic mass is 10.2. The third-order valence-electron chi connectivity index (χ3n) is 2.22. The Kier molecular flexibility index (Phi) is 14.7. The summed E-state index contributed by atoms with van der Waals surface area (Å²) in [5.74, 6) is 0. The van der Waals surface area contributed by atoms with Crippen molar-refractivity contribution < 1.29 is 0 Å². The van der Waals surface area contributed by atoms with Gasteiger partial charge < -0.3 is 0 Å². The minimum Gasteiger partial charge on any atom is -0.245 e. The molecule has 1 aliphatic carbocycles. The van der Waals surface area contributed by atoms with Crippen molar-refractivity contribution >= 4 is 24.3 Å². The molecule has 0 spiro atoms. The molecule has 0 unspecified atom stereocenters. The Bertz CT molecular complexity index is 426. The van der Waals surface area contributed by atoms with Gasteiger partial charge in [-0.15, -0.1) is 0 Å². The summed E-state index contributed by atoms with van der Waals surface area (Å²) in [5, 5.41) is 0. The summed E-state index contributed by atoms with van der Waals surface area (Å²) in [4.78, 5) is 8.95. The SMILES string of the molecule is C=Cc1nc2c(nc1C=C)C=CCC=C2.CC.CC.CC. The molecule has 1 heterocycles. The predicted octanol–water partition coefficient (Wildman–Crippen LogP) is 6.27. The highest BCUT2D eigenvalue weighted by atomic mass is 14.8. The van der Waals surface area contributed by atoms with Gasteiger partial charge in [0.15, 0.2) is 0 Å². The van der Waals surface area contributed by atoms with Crippen molar-refractivity contribution in [2.45, 2.75) is 48.0 Å². The number of rotatable bonds is 2. The fraction of sp³-hybridized carbons (Fsp3) is 0.368.